The van der Waals surface area contributed by atoms with E-state index in [1.165, 1.54) is 6.92 Å². The number of pyridine rings is 1. The molecule has 12 heteroatoms. The van der Waals surface area contributed by atoms with Crippen LogP contribution in [0.2, 0.25) is 0 Å². The number of hydrogen-bond acceptors (Lipinski definition) is 7. The molecule has 1 aliphatic rings. The van der Waals surface area contributed by atoms with Crippen molar-refractivity contribution in [1.82, 2.24) is 20.2 Å². The molecule has 1 fully saturated rings. The molecule has 0 aliphatic carbocycles. The highest BCUT2D eigenvalue weighted by molar-refractivity contribution is 7.17. The minimum atomic E-state index is -4.75. The second-order valence-electron chi connectivity index (χ2n) is 10.2. The lowest BCUT2D eigenvalue weighted by Gasteiger charge is -2.23. The van der Waals surface area contributed by atoms with Gasteiger partial charge >= 0.3 is 6.18 Å². The van der Waals surface area contributed by atoms with Gasteiger partial charge in [-0.3, -0.25) is 9.59 Å². The zero-order chi connectivity index (χ0) is 27.0. The van der Waals surface area contributed by atoms with Crippen molar-refractivity contribution in [2.75, 3.05) is 11.9 Å². The lowest BCUT2D eigenvalue weighted by Crippen LogP contribution is -2.39. The van der Waals surface area contributed by atoms with Crippen LogP contribution in [0.4, 0.5) is 19.0 Å². The summed E-state index contributed by atoms with van der Waals surface area (Å²) in [6, 6.07) is 0.179. The van der Waals surface area contributed by atoms with Gasteiger partial charge in [0, 0.05) is 29.9 Å². The normalized spacial score (nSPS) is 18.2. The number of anilines is 1. The summed E-state index contributed by atoms with van der Waals surface area (Å²) in [5, 5.41) is 15.0. The summed E-state index contributed by atoms with van der Waals surface area (Å²) in [4.78, 5) is 36.1. The Bertz CT molecular complexity index is 1130. The molecule has 0 saturated carbocycles. The average molecular weight is 528 g/mol. The molecule has 198 valence electrons. The van der Waals surface area contributed by atoms with Gasteiger partial charge in [0.2, 0.25) is 0 Å². The first-order valence-corrected chi connectivity index (χ1v) is 12.6. The van der Waals surface area contributed by atoms with E-state index in [2.05, 4.69) is 20.6 Å². The standard InChI is InChI=1S/C24H32F3N5O3S/c1-12-8-7-9-32(12)22(35)18-19(36-21(30-18)20(34)29-13(2)14(3)33)15-11-28-17(31-23(4,5)6)10-16(15)24(25,26)27/h10-14,33H,7-9H2,1-6H3,(H,28,31)(H,29,34). The van der Waals surface area contributed by atoms with E-state index in [0.29, 0.717) is 17.9 Å². The SMILES string of the molecule is CC(O)C(C)NC(=O)c1nc(C(=O)N2CCCC2C)c(-c2cnc(NC(C)(C)C)cc2C(F)(F)F)s1. The molecule has 3 N–H and O–H groups in total. The third-order valence-electron chi connectivity index (χ3n) is 5.88. The zero-order valence-electron chi connectivity index (χ0n) is 21.2. The molecule has 1 saturated heterocycles. The molecule has 1 aliphatic heterocycles. The van der Waals surface area contributed by atoms with E-state index in [0.717, 1.165) is 25.1 Å². The van der Waals surface area contributed by atoms with Crippen LogP contribution >= 0.6 is 11.3 Å². The Kier molecular flexibility index (Phi) is 7.99. The molecule has 3 atom stereocenters. The number of aliphatic hydroxyl groups excluding tert-OH is 1. The molecular weight excluding hydrogens is 495 g/mol. The number of carbonyl (C=O) groups is 2. The first-order chi connectivity index (χ1) is 16.6. The maximum absolute atomic E-state index is 14.2. The molecule has 2 aromatic rings. The number of hydrogen-bond donors (Lipinski definition) is 3. The number of aliphatic hydroxyl groups is 1. The van der Waals surface area contributed by atoms with E-state index >= 15 is 0 Å². The van der Waals surface area contributed by atoms with Crippen LogP contribution in [-0.4, -0.2) is 62.1 Å². The molecule has 0 radical (unpaired) electrons. The van der Waals surface area contributed by atoms with E-state index in [9.17, 15) is 27.9 Å². The first kappa shape index (κ1) is 27.9. The van der Waals surface area contributed by atoms with Crippen molar-refractivity contribution in [3.8, 4) is 10.4 Å². The van der Waals surface area contributed by atoms with Gasteiger partial charge in [0.05, 0.1) is 22.6 Å². The van der Waals surface area contributed by atoms with Crippen molar-refractivity contribution < 1.29 is 27.9 Å². The van der Waals surface area contributed by atoms with Gasteiger partial charge in [0.25, 0.3) is 11.8 Å². The first-order valence-electron chi connectivity index (χ1n) is 11.7. The monoisotopic (exact) mass is 527 g/mol. The molecule has 0 spiro atoms. The van der Waals surface area contributed by atoms with Crippen LogP contribution in [0.3, 0.4) is 0 Å². The fourth-order valence-electron chi connectivity index (χ4n) is 3.83. The van der Waals surface area contributed by atoms with Crippen LogP contribution in [0.25, 0.3) is 10.4 Å². The van der Waals surface area contributed by atoms with Crippen LogP contribution in [0.1, 0.15) is 80.2 Å². The Morgan fingerprint density at radius 1 is 1.25 bits per heavy atom. The molecule has 0 bridgehead atoms. The number of aromatic nitrogens is 2. The number of nitrogens with one attached hydrogen (secondary N) is 2. The maximum atomic E-state index is 14.2. The number of thiazole rings is 1. The fraction of sp³-hybridized carbons (Fsp3) is 0.583. The number of rotatable bonds is 6. The van der Waals surface area contributed by atoms with Gasteiger partial charge < -0.3 is 20.6 Å². The minimum Gasteiger partial charge on any atom is -0.391 e. The number of amides is 2. The minimum absolute atomic E-state index is 0.0351. The van der Waals surface area contributed by atoms with Gasteiger partial charge in [-0.05, 0) is 60.5 Å². The highest BCUT2D eigenvalue weighted by Crippen LogP contribution is 2.42. The predicted molar refractivity (Wildman–Crippen MR) is 132 cm³/mol. The van der Waals surface area contributed by atoms with Gasteiger partial charge in [-0.2, -0.15) is 13.2 Å². The number of alkyl halides is 3. The van der Waals surface area contributed by atoms with Gasteiger partial charge in [-0.1, -0.05) is 0 Å². The van der Waals surface area contributed by atoms with Gasteiger partial charge in [-0.25, -0.2) is 9.97 Å². The largest absolute Gasteiger partial charge is 0.417 e. The number of carbonyl (C=O) groups excluding carboxylic acids is 2. The maximum Gasteiger partial charge on any atom is 0.417 e. The summed E-state index contributed by atoms with van der Waals surface area (Å²) in [5.74, 6) is -1.18. The van der Waals surface area contributed by atoms with Crippen molar-refractivity contribution in [1.29, 1.82) is 0 Å². The fourth-order valence-corrected chi connectivity index (χ4v) is 4.81. The average Bonchev–Trinajstić information content (AvgIpc) is 3.38. The summed E-state index contributed by atoms with van der Waals surface area (Å²) in [7, 11) is 0. The third-order valence-corrected chi connectivity index (χ3v) is 6.96. The molecule has 2 aromatic heterocycles. The van der Waals surface area contributed by atoms with Crippen molar-refractivity contribution >= 4 is 29.0 Å². The Labute approximate surface area is 212 Å². The summed E-state index contributed by atoms with van der Waals surface area (Å²) >= 11 is 0.699. The smallest absolute Gasteiger partial charge is 0.391 e. The van der Waals surface area contributed by atoms with Crippen LogP contribution in [0.15, 0.2) is 12.3 Å². The van der Waals surface area contributed by atoms with E-state index in [1.54, 1.807) is 32.6 Å². The van der Waals surface area contributed by atoms with Crippen LogP contribution < -0.4 is 10.6 Å². The van der Waals surface area contributed by atoms with E-state index < -0.39 is 41.2 Å². The molecule has 8 nitrogen and oxygen atoms in total. The molecule has 2 amide bonds. The van der Waals surface area contributed by atoms with Crippen molar-refractivity contribution in [2.24, 2.45) is 0 Å². The summed E-state index contributed by atoms with van der Waals surface area (Å²) < 4.78 is 42.6. The predicted octanol–water partition coefficient (Wildman–Crippen LogP) is 4.56. The third kappa shape index (κ3) is 6.33. The number of nitrogens with zero attached hydrogens (tertiary/aromatic N) is 3. The van der Waals surface area contributed by atoms with Gasteiger partial charge in [0.15, 0.2) is 5.01 Å². The summed E-state index contributed by atoms with van der Waals surface area (Å²) in [6.07, 6.45) is -3.00. The Balaban J connectivity index is 2.15. The highest BCUT2D eigenvalue weighted by atomic mass is 32.1. The number of likely N-dealkylation sites (tertiary alicyclic amines) is 1. The van der Waals surface area contributed by atoms with E-state index in [4.69, 9.17) is 0 Å². The van der Waals surface area contributed by atoms with E-state index in [1.807, 2.05) is 6.92 Å². The Hall–Kier alpha value is -2.73. The van der Waals surface area contributed by atoms with Crippen molar-refractivity contribution in [2.45, 2.75) is 84.3 Å². The lowest BCUT2D eigenvalue weighted by atomic mass is 10.1. The van der Waals surface area contributed by atoms with Crippen LogP contribution in [0, 0.1) is 0 Å². The Morgan fingerprint density at radius 2 is 1.92 bits per heavy atom. The quantitative estimate of drug-likeness (QED) is 0.509. The second kappa shape index (κ2) is 10.3. The molecular formula is C24H32F3N5O3S. The van der Waals surface area contributed by atoms with Crippen molar-refractivity contribution in [3.05, 3.63) is 28.5 Å². The number of halogens is 3. The van der Waals surface area contributed by atoms with Gasteiger partial charge in [-0.15, -0.1) is 11.3 Å². The summed E-state index contributed by atoms with van der Waals surface area (Å²) in [6.45, 7) is 10.8. The molecule has 3 unspecified atom stereocenters. The summed E-state index contributed by atoms with van der Waals surface area (Å²) in [5.41, 5.74) is -2.05. The molecule has 0 aromatic carbocycles. The topological polar surface area (TPSA) is 107 Å². The van der Waals surface area contributed by atoms with Crippen molar-refractivity contribution in [3.63, 3.8) is 0 Å². The van der Waals surface area contributed by atoms with E-state index in [-0.39, 0.29) is 33.0 Å². The Morgan fingerprint density at radius 3 is 2.44 bits per heavy atom. The highest BCUT2D eigenvalue weighted by Gasteiger charge is 2.38. The second-order valence-corrected chi connectivity index (χ2v) is 11.2. The molecule has 3 heterocycles. The molecule has 36 heavy (non-hydrogen) atoms. The van der Waals surface area contributed by atoms with Gasteiger partial charge in [0.1, 0.15) is 11.5 Å². The van der Waals surface area contributed by atoms with Crippen LogP contribution in [0.5, 0.6) is 0 Å². The lowest BCUT2D eigenvalue weighted by molar-refractivity contribution is -0.137. The molecule has 3 rings (SSSR count). The zero-order valence-corrected chi connectivity index (χ0v) is 22.0. The van der Waals surface area contributed by atoms with Crippen LogP contribution in [-0.2, 0) is 6.18 Å².